The lowest BCUT2D eigenvalue weighted by molar-refractivity contribution is 0.280. The summed E-state index contributed by atoms with van der Waals surface area (Å²) in [6.45, 7) is 6.78. The highest BCUT2D eigenvalue weighted by molar-refractivity contribution is 5.49. The van der Waals surface area contributed by atoms with Gasteiger partial charge in [-0.05, 0) is 30.4 Å². The molecule has 1 aliphatic rings. The van der Waals surface area contributed by atoms with Crippen molar-refractivity contribution in [3.8, 4) is 6.07 Å². The van der Waals surface area contributed by atoms with Gasteiger partial charge in [-0.2, -0.15) is 5.26 Å². The van der Waals surface area contributed by atoms with Crippen LogP contribution in [0.1, 0.15) is 32.4 Å². The van der Waals surface area contributed by atoms with Crippen LogP contribution >= 0.6 is 0 Å². The summed E-state index contributed by atoms with van der Waals surface area (Å²) < 4.78 is 0. The quantitative estimate of drug-likeness (QED) is 0.723. The van der Waals surface area contributed by atoms with Crippen LogP contribution in [0.5, 0.6) is 0 Å². The third-order valence-corrected chi connectivity index (χ3v) is 3.34. The van der Waals surface area contributed by atoms with Crippen molar-refractivity contribution in [2.75, 3.05) is 18.0 Å². The third-order valence-electron chi connectivity index (χ3n) is 3.34. The zero-order valence-corrected chi connectivity index (χ0v) is 9.90. The second kappa shape index (κ2) is 4.13. The number of rotatable bonds is 1. The molecule has 0 spiro atoms. The van der Waals surface area contributed by atoms with Gasteiger partial charge in [-0.15, -0.1) is 0 Å². The number of hydrogen-bond acceptors (Lipinski definition) is 3. The van der Waals surface area contributed by atoms with E-state index in [-0.39, 0.29) is 0 Å². The SMILES string of the molecule is CC1(C)CCN(c2ccnc(C#N)c2)CC1. The Bertz CT molecular complexity index is 407. The molecule has 0 bridgehead atoms. The van der Waals surface area contributed by atoms with E-state index >= 15 is 0 Å². The molecule has 1 aromatic rings. The summed E-state index contributed by atoms with van der Waals surface area (Å²) >= 11 is 0. The molecule has 16 heavy (non-hydrogen) atoms. The number of nitrogens with zero attached hydrogens (tertiary/aromatic N) is 3. The maximum Gasteiger partial charge on any atom is 0.142 e. The molecule has 0 N–H and O–H groups in total. The van der Waals surface area contributed by atoms with Crippen LogP contribution in [0, 0.1) is 16.7 Å². The molecule has 0 amide bonds. The molecule has 1 saturated heterocycles. The van der Waals surface area contributed by atoms with Crippen LogP contribution in [0.15, 0.2) is 18.3 Å². The van der Waals surface area contributed by atoms with Gasteiger partial charge < -0.3 is 4.90 Å². The fourth-order valence-electron chi connectivity index (χ4n) is 2.05. The Hall–Kier alpha value is -1.56. The van der Waals surface area contributed by atoms with Crippen LogP contribution in [0.2, 0.25) is 0 Å². The Labute approximate surface area is 96.7 Å². The van der Waals surface area contributed by atoms with E-state index in [9.17, 15) is 0 Å². The molecule has 84 valence electrons. The van der Waals surface area contributed by atoms with Crippen molar-refractivity contribution >= 4 is 5.69 Å². The summed E-state index contributed by atoms with van der Waals surface area (Å²) in [7, 11) is 0. The van der Waals surface area contributed by atoms with Gasteiger partial charge in [-0.25, -0.2) is 4.98 Å². The molecule has 3 nitrogen and oxygen atoms in total. The third kappa shape index (κ3) is 2.33. The fourth-order valence-corrected chi connectivity index (χ4v) is 2.05. The molecule has 0 aromatic carbocycles. The van der Waals surface area contributed by atoms with Crippen LogP contribution in [0.3, 0.4) is 0 Å². The van der Waals surface area contributed by atoms with Gasteiger partial charge in [0.25, 0.3) is 0 Å². The summed E-state index contributed by atoms with van der Waals surface area (Å²) in [6, 6.07) is 5.94. The van der Waals surface area contributed by atoms with Crippen molar-refractivity contribution in [1.29, 1.82) is 5.26 Å². The predicted octanol–water partition coefficient (Wildman–Crippen LogP) is 2.58. The molecule has 0 unspecified atom stereocenters. The minimum atomic E-state index is 0.460. The summed E-state index contributed by atoms with van der Waals surface area (Å²) in [5, 5.41) is 8.81. The van der Waals surface area contributed by atoms with Crippen LogP contribution < -0.4 is 4.90 Å². The Morgan fingerprint density at radius 1 is 1.38 bits per heavy atom. The largest absolute Gasteiger partial charge is 0.371 e. The van der Waals surface area contributed by atoms with E-state index in [1.807, 2.05) is 12.1 Å². The zero-order valence-electron chi connectivity index (χ0n) is 9.90. The summed E-state index contributed by atoms with van der Waals surface area (Å²) in [4.78, 5) is 6.33. The fraction of sp³-hybridized carbons (Fsp3) is 0.538. The summed E-state index contributed by atoms with van der Waals surface area (Å²) in [5.74, 6) is 0. The van der Waals surface area contributed by atoms with Crippen molar-refractivity contribution < 1.29 is 0 Å². The smallest absolute Gasteiger partial charge is 0.142 e. The average Bonchev–Trinajstić information content (AvgIpc) is 2.29. The van der Waals surface area contributed by atoms with Gasteiger partial charge in [-0.3, -0.25) is 0 Å². The molecule has 2 heterocycles. The number of piperidine rings is 1. The molecule has 0 radical (unpaired) electrons. The number of aromatic nitrogens is 1. The first-order chi connectivity index (χ1) is 7.61. The van der Waals surface area contributed by atoms with E-state index in [2.05, 4.69) is 29.8 Å². The summed E-state index contributed by atoms with van der Waals surface area (Å²) in [6.07, 6.45) is 4.13. The topological polar surface area (TPSA) is 39.9 Å². The van der Waals surface area contributed by atoms with Gasteiger partial charge in [0.15, 0.2) is 0 Å². The van der Waals surface area contributed by atoms with Gasteiger partial charge in [-0.1, -0.05) is 13.8 Å². The first kappa shape index (κ1) is 10.9. The minimum Gasteiger partial charge on any atom is -0.371 e. The van der Waals surface area contributed by atoms with E-state index in [0.29, 0.717) is 11.1 Å². The van der Waals surface area contributed by atoms with Crippen LogP contribution in [-0.4, -0.2) is 18.1 Å². The maximum absolute atomic E-state index is 8.81. The summed E-state index contributed by atoms with van der Waals surface area (Å²) in [5.41, 5.74) is 2.09. The lowest BCUT2D eigenvalue weighted by Gasteiger charge is -2.38. The zero-order chi connectivity index (χ0) is 11.6. The van der Waals surface area contributed by atoms with E-state index < -0.39 is 0 Å². The van der Waals surface area contributed by atoms with Crippen molar-refractivity contribution in [1.82, 2.24) is 4.98 Å². The normalized spacial score (nSPS) is 19.2. The first-order valence-electron chi connectivity index (χ1n) is 5.72. The van der Waals surface area contributed by atoms with Crippen LogP contribution in [-0.2, 0) is 0 Å². The van der Waals surface area contributed by atoms with Gasteiger partial charge in [0.2, 0.25) is 0 Å². The Morgan fingerprint density at radius 3 is 2.69 bits per heavy atom. The van der Waals surface area contributed by atoms with Crippen molar-refractivity contribution in [2.24, 2.45) is 5.41 Å². The predicted molar refractivity (Wildman–Crippen MR) is 64.2 cm³/mol. The highest BCUT2D eigenvalue weighted by Crippen LogP contribution is 2.31. The molecule has 0 saturated carbocycles. The molecule has 1 aliphatic heterocycles. The number of nitriles is 1. The highest BCUT2D eigenvalue weighted by atomic mass is 15.1. The molecule has 3 heteroatoms. The molecule has 0 atom stereocenters. The van der Waals surface area contributed by atoms with E-state index in [1.165, 1.54) is 12.8 Å². The average molecular weight is 215 g/mol. The lowest BCUT2D eigenvalue weighted by atomic mass is 9.82. The molecule has 1 aromatic heterocycles. The van der Waals surface area contributed by atoms with Crippen molar-refractivity contribution in [3.63, 3.8) is 0 Å². The van der Waals surface area contributed by atoms with Gasteiger partial charge in [0, 0.05) is 25.0 Å². The van der Waals surface area contributed by atoms with E-state index in [1.54, 1.807) is 6.20 Å². The number of hydrogen-bond donors (Lipinski definition) is 0. The standard InChI is InChI=1S/C13H17N3/c1-13(2)4-7-16(8-5-13)12-3-6-15-11(9-12)10-14/h3,6,9H,4-5,7-8H2,1-2H3. The Kier molecular flexibility index (Phi) is 2.82. The van der Waals surface area contributed by atoms with Crippen LogP contribution in [0.25, 0.3) is 0 Å². The van der Waals surface area contributed by atoms with Gasteiger partial charge in [0.05, 0.1) is 0 Å². The Morgan fingerprint density at radius 2 is 2.06 bits per heavy atom. The molecular weight excluding hydrogens is 198 g/mol. The maximum atomic E-state index is 8.81. The number of anilines is 1. The van der Waals surface area contributed by atoms with Crippen LogP contribution in [0.4, 0.5) is 5.69 Å². The first-order valence-corrected chi connectivity index (χ1v) is 5.72. The lowest BCUT2D eigenvalue weighted by Crippen LogP contribution is -2.37. The second-order valence-corrected chi connectivity index (χ2v) is 5.16. The van der Waals surface area contributed by atoms with Crippen molar-refractivity contribution in [3.05, 3.63) is 24.0 Å². The minimum absolute atomic E-state index is 0.460. The molecular formula is C13H17N3. The number of pyridine rings is 1. The van der Waals surface area contributed by atoms with E-state index in [4.69, 9.17) is 5.26 Å². The molecule has 2 rings (SSSR count). The Balaban J connectivity index is 2.11. The van der Waals surface area contributed by atoms with Gasteiger partial charge >= 0.3 is 0 Å². The monoisotopic (exact) mass is 215 g/mol. The second-order valence-electron chi connectivity index (χ2n) is 5.16. The van der Waals surface area contributed by atoms with Crippen molar-refractivity contribution in [2.45, 2.75) is 26.7 Å². The van der Waals surface area contributed by atoms with E-state index in [0.717, 1.165) is 18.8 Å². The highest BCUT2D eigenvalue weighted by Gasteiger charge is 2.25. The molecule has 1 fully saturated rings. The molecule has 0 aliphatic carbocycles. The van der Waals surface area contributed by atoms with Gasteiger partial charge in [0.1, 0.15) is 11.8 Å².